The predicted molar refractivity (Wildman–Crippen MR) is 48.2 cm³/mol. The van der Waals surface area contributed by atoms with E-state index in [2.05, 4.69) is 22.8 Å². The smallest absolute Gasteiger partial charge is 0.0703 e. The largest absolute Gasteiger partial charge is 0.294 e. The zero-order valence-corrected chi connectivity index (χ0v) is 7.72. The molecule has 1 aliphatic rings. The molecule has 0 N–H and O–H groups in total. The van der Waals surface area contributed by atoms with Gasteiger partial charge in [0.2, 0.25) is 0 Å². The predicted octanol–water partition coefficient (Wildman–Crippen LogP) is 1.25. The van der Waals surface area contributed by atoms with Crippen LogP contribution in [0.15, 0.2) is 0 Å². The van der Waals surface area contributed by atoms with Gasteiger partial charge in [0.1, 0.15) is 0 Å². The molecule has 12 heavy (non-hydrogen) atoms. The Hall–Kier alpha value is -0.990. The van der Waals surface area contributed by atoms with E-state index < -0.39 is 0 Å². The van der Waals surface area contributed by atoms with Crippen LogP contribution in [0.1, 0.15) is 19.8 Å². The Balaban J connectivity index is 2.30. The number of nitriles is 1. The van der Waals surface area contributed by atoms with Crippen LogP contribution in [-0.2, 0) is 0 Å². The molecule has 0 spiro atoms. The molecule has 1 fully saturated rings. The monoisotopic (exact) mass is 162 g/mol. The van der Waals surface area contributed by atoms with E-state index in [1.807, 2.05) is 14.0 Å². The van der Waals surface area contributed by atoms with Crippen molar-refractivity contribution in [1.29, 1.82) is 5.26 Å². The SMILES string of the molecule is CC#CCN(C)CC1(C#N)CC1. The first-order chi connectivity index (χ1) is 5.72. The lowest BCUT2D eigenvalue weighted by Crippen LogP contribution is -2.26. The van der Waals surface area contributed by atoms with Crippen molar-refractivity contribution >= 4 is 0 Å². The minimum atomic E-state index is -0.0236. The molecule has 2 nitrogen and oxygen atoms in total. The number of hydrogen-bond acceptors (Lipinski definition) is 2. The van der Waals surface area contributed by atoms with Gasteiger partial charge in [0.15, 0.2) is 0 Å². The van der Waals surface area contributed by atoms with Crippen LogP contribution in [0.2, 0.25) is 0 Å². The van der Waals surface area contributed by atoms with Gasteiger partial charge in [-0.25, -0.2) is 0 Å². The van der Waals surface area contributed by atoms with Gasteiger partial charge in [0.25, 0.3) is 0 Å². The summed E-state index contributed by atoms with van der Waals surface area (Å²) in [7, 11) is 2.02. The van der Waals surface area contributed by atoms with Crippen molar-refractivity contribution in [3.8, 4) is 17.9 Å². The number of nitrogens with zero attached hydrogens (tertiary/aromatic N) is 2. The van der Waals surface area contributed by atoms with Gasteiger partial charge in [-0.15, -0.1) is 5.92 Å². The van der Waals surface area contributed by atoms with Gasteiger partial charge in [-0.05, 0) is 26.8 Å². The van der Waals surface area contributed by atoms with Gasteiger partial charge >= 0.3 is 0 Å². The van der Waals surface area contributed by atoms with Crippen LogP contribution in [0.3, 0.4) is 0 Å². The molecule has 1 saturated carbocycles. The Bertz CT molecular complexity index is 247. The van der Waals surface area contributed by atoms with Crippen LogP contribution < -0.4 is 0 Å². The molecule has 0 bridgehead atoms. The summed E-state index contributed by atoms with van der Waals surface area (Å²) in [5.41, 5.74) is -0.0236. The molecule has 1 rings (SSSR count). The number of hydrogen-bond donors (Lipinski definition) is 0. The first-order valence-electron chi connectivity index (χ1n) is 4.22. The molecule has 0 unspecified atom stereocenters. The van der Waals surface area contributed by atoms with Gasteiger partial charge < -0.3 is 0 Å². The van der Waals surface area contributed by atoms with Crippen molar-refractivity contribution in [3.05, 3.63) is 0 Å². The summed E-state index contributed by atoms with van der Waals surface area (Å²) in [6.07, 6.45) is 2.13. The van der Waals surface area contributed by atoms with Crippen LogP contribution in [0.4, 0.5) is 0 Å². The van der Waals surface area contributed by atoms with Gasteiger partial charge in [0, 0.05) is 6.54 Å². The van der Waals surface area contributed by atoms with Crippen LogP contribution in [-0.4, -0.2) is 25.0 Å². The summed E-state index contributed by atoms with van der Waals surface area (Å²) < 4.78 is 0. The quantitative estimate of drug-likeness (QED) is 0.584. The molecular formula is C10H14N2. The molecule has 0 aliphatic heterocycles. The lowest BCUT2D eigenvalue weighted by molar-refractivity contribution is 0.327. The minimum absolute atomic E-state index is 0.0236. The van der Waals surface area contributed by atoms with Gasteiger partial charge in [-0.3, -0.25) is 4.90 Å². The van der Waals surface area contributed by atoms with E-state index in [0.717, 1.165) is 25.9 Å². The molecule has 1 aliphatic carbocycles. The first kappa shape index (κ1) is 9.10. The second-order valence-corrected chi connectivity index (χ2v) is 3.49. The van der Waals surface area contributed by atoms with E-state index in [-0.39, 0.29) is 5.41 Å². The molecule has 2 heteroatoms. The van der Waals surface area contributed by atoms with Gasteiger partial charge in [0.05, 0.1) is 18.0 Å². The molecule has 0 heterocycles. The Kier molecular flexibility index (Phi) is 2.74. The molecule has 0 atom stereocenters. The average Bonchev–Trinajstić information content (AvgIpc) is 2.82. The summed E-state index contributed by atoms with van der Waals surface area (Å²) in [4.78, 5) is 2.12. The fraction of sp³-hybridized carbons (Fsp3) is 0.700. The van der Waals surface area contributed by atoms with Crippen molar-refractivity contribution in [1.82, 2.24) is 4.90 Å². The Morgan fingerprint density at radius 3 is 2.58 bits per heavy atom. The summed E-state index contributed by atoms with van der Waals surface area (Å²) >= 11 is 0. The highest BCUT2D eigenvalue weighted by Gasteiger charge is 2.43. The molecule has 64 valence electrons. The van der Waals surface area contributed by atoms with Crippen molar-refractivity contribution in [3.63, 3.8) is 0 Å². The first-order valence-corrected chi connectivity index (χ1v) is 4.22. The van der Waals surface area contributed by atoms with E-state index in [1.165, 1.54) is 0 Å². The second-order valence-electron chi connectivity index (χ2n) is 3.49. The van der Waals surface area contributed by atoms with Crippen LogP contribution in [0.25, 0.3) is 0 Å². The molecular weight excluding hydrogens is 148 g/mol. The van der Waals surface area contributed by atoms with Crippen LogP contribution in [0, 0.1) is 28.6 Å². The average molecular weight is 162 g/mol. The molecule has 0 amide bonds. The zero-order chi connectivity index (χ0) is 9.03. The van der Waals surface area contributed by atoms with Crippen LogP contribution >= 0.6 is 0 Å². The molecule has 0 aromatic carbocycles. The van der Waals surface area contributed by atoms with Gasteiger partial charge in [-0.2, -0.15) is 5.26 Å². The van der Waals surface area contributed by atoms with Crippen molar-refractivity contribution in [2.75, 3.05) is 20.1 Å². The third kappa shape index (κ3) is 2.26. The molecule has 0 radical (unpaired) electrons. The highest BCUT2D eigenvalue weighted by molar-refractivity contribution is 5.11. The third-order valence-electron chi connectivity index (χ3n) is 2.19. The summed E-state index contributed by atoms with van der Waals surface area (Å²) in [6, 6.07) is 2.37. The zero-order valence-electron chi connectivity index (χ0n) is 7.72. The highest BCUT2D eigenvalue weighted by Crippen LogP contribution is 2.45. The number of rotatable bonds is 3. The Morgan fingerprint density at radius 1 is 1.50 bits per heavy atom. The van der Waals surface area contributed by atoms with Gasteiger partial charge in [-0.1, -0.05) is 5.92 Å². The van der Waals surface area contributed by atoms with Crippen LogP contribution in [0.5, 0.6) is 0 Å². The molecule has 0 aromatic heterocycles. The lowest BCUT2D eigenvalue weighted by atomic mass is 10.1. The molecule has 0 saturated heterocycles. The van der Waals surface area contributed by atoms with Crippen molar-refractivity contribution in [2.45, 2.75) is 19.8 Å². The maximum atomic E-state index is 8.82. The third-order valence-corrected chi connectivity index (χ3v) is 2.19. The van der Waals surface area contributed by atoms with E-state index in [1.54, 1.807) is 0 Å². The van der Waals surface area contributed by atoms with Crippen molar-refractivity contribution < 1.29 is 0 Å². The van der Waals surface area contributed by atoms with E-state index >= 15 is 0 Å². The Labute approximate surface area is 74.2 Å². The van der Waals surface area contributed by atoms with E-state index in [0.29, 0.717) is 0 Å². The summed E-state index contributed by atoms with van der Waals surface area (Å²) in [5, 5.41) is 8.82. The fourth-order valence-electron chi connectivity index (χ4n) is 1.24. The van der Waals surface area contributed by atoms with E-state index in [4.69, 9.17) is 5.26 Å². The summed E-state index contributed by atoms with van der Waals surface area (Å²) in [5.74, 6) is 5.84. The maximum absolute atomic E-state index is 8.82. The minimum Gasteiger partial charge on any atom is -0.294 e. The lowest BCUT2D eigenvalue weighted by Gasteiger charge is -2.15. The maximum Gasteiger partial charge on any atom is 0.0703 e. The van der Waals surface area contributed by atoms with Crippen molar-refractivity contribution in [2.24, 2.45) is 5.41 Å². The second kappa shape index (κ2) is 3.61. The topological polar surface area (TPSA) is 27.0 Å². The summed E-state index contributed by atoms with van der Waals surface area (Å²) in [6.45, 7) is 3.49. The fourth-order valence-corrected chi connectivity index (χ4v) is 1.24. The standard InChI is InChI=1S/C10H14N2/c1-3-4-7-12(2)9-10(8-11)5-6-10/h5-7,9H2,1-2H3. The highest BCUT2D eigenvalue weighted by atomic mass is 15.1. The molecule has 0 aromatic rings. The normalized spacial score (nSPS) is 17.8. The van der Waals surface area contributed by atoms with E-state index in [9.17, 15) is 0 Å². The Morgan fingerprint density at radius 2 is 2.17 bits per heavy atom.